The van der Waals surface area contributed by atoms with E-state index in [1.807, 2.05) is 25.1 Å². The van der Waals surface area contributed by atoms with Gasteiger partial charge in [0.2, 0.25) is 5.76 Å². The Hall–Kier alpha value is -1.96. The van der Waals surface area contributed by atoms with Gasteiger partial charge in [0.05, 0.1) is 18.6 Å². The van der Waals surface area contributed by atoms with E-state index in [9.17, 15) is 0 Å². The molecule has 1 aliphatic heterocycles. The summed E-state index contributed by atoms with van der Waals surface area (Å²) in [5, 5.41) is 7.24. The van der Waals surface area contributed by atoms with Gasteiger partial charge in [0.25, 0.3) is 0 Å². The second-order valence-electron chi connectivity index (χ2n) is 5.58. The third kappa shape index (κ3) is 3.21. The molecular formula is C16H17N3O3S. The van der Waals surface area contributed by atoms with Crippen LogP contribution in [-0.2, 0) is 11.3 Å². The highest BCUT2D eigenvalue weighted by molar-refractivity contribution is 7.09. The number of hydrogen-bond donors (Lipinski definition) is 0. The number of thiazole rings is 1. The van der Waals surface area contributed by atoms with Crippen LogP contribution in [0.2, 0.25) is 0 Å². The Labute approximate surface area is 137 Å². The van der Waals surface area contributed by atoms with Crippen LogP contribution in [0.25, 0.3) is 11.5 Å². The zero-order valence-corrected chi connectivity index (χ0v) is 13.6. The molecule has 1 atom stereocenters. The van der Waals surface area contributed by atoms with Crippen molar-refractivity contribution in [2.45, 2.75) is 19.6 Å². The topological polar surface area (TPSA) is 64.5 Å². The molecule has 1 aliphatic rings. The summed E-state index contributed by atoms with van der Waals surface area (Å²) in [5.74, 6) is 1.35. The predicted molar refractivity (Wildman–Crippen MR) is 85.0 cm³/mol. The van der Waals surface area contributed by atoms with Gasteiger partial charge in [-0.2, -0.15) is 0 Å². The van der Waals surface area contributed by atoms with Gasteiger partial charge in [-0.25, -0.2) is 4.98 Å². The summed E-state index contributed by atoms with van der Waals surface area (Å²) in [4.78, 5) is 6.85. The van der Waals surface area contributed by atoms with Gasteiger partial charge in [-0.3, -0.25) is 4.90 Å². The Kier molecular flexibility index (Phi) is 3.99. The molecule has 0 N–H and O–H groups in total. The van der Waals surface area contributed by atoms with Crippen molar-refractivity contribution in [2.75, 3.05) is 19.7 Å². The van der Waals surface area contributed by atoms with Crippen molar-refractivity contribution in [3.63, 3.8) is 0 Å². The first-order valence-electron chi connectivity index (χ1n) is 7.53. The normalized spacial score (nSPS) is 19.3. The molecule has 4 rings (SSSR count). The van der Waals surface area contributed by atoms with Crippen molar-refractivity contribution in [1.82, 2.24) is 15.0 Å². The predicted octanol–water partition coefficient (Wildman–Crippen LogP) is 3.27. The van der Waals surface area contributed by atoms with E-state index >= 15 is 0 Å². The van der Waals surface area contributed by atoms with Gasteiger partial charge in [0.15, 0.2) is 5.76 Å². The Morgan fingerprint density at radius 3 is 3.13 bits per heavy atom. The molecule has 7 heteroatoms. The molecule has 0 amide bonds. The molecule has 1 fully saturated rings. The van der Waals surface area contributed by atoms with Crippen molar-refractivity contribution in [3.8, 4) is 11.5 Å². The number of rotatable bonds is 4. The summed E-state index contributed by atoms with van der Waals surface area (Å²) in [6, 6.07) is 5.62. The number of aromatic nitrogens is 2. The quantitative estimate of drug-likeness (QED) is 0.731. The van der Waals surface area contributed by atoms with Crippen molar-refractivity contribution >= 4 is 11.3 Å². The summed E-state index contributed by atoms with van der Waals surface area (Å²) in [6.07, 6.45) is 1.67. The van der Waals surface area contributed by atoms with Crippen LogP contribution in [0.5, 0.6) is 0 Å². The molecule has 0 bridgehead atoms. The molecule has 0 radical (unpaired) electrons. The molecular weight excluding hydrogens is 314 g/mol. The van der Waals surface area contributed by atoms with Crippen LogP contribution >= 0.6 is 11.3 Å². The van der Waals surface area contributed by atoms with Crippen molar-refractivity contribution < 1.29 is 13.7 Å². The van der Waals surface area contributed by atoms with E-state index in [2.05, 4.69) is 20.4 Å². The minimum atomic E-state index is 0.0406. The van der Waals surface area contributed by atoms with Gasteiger partial charge in [0, 0.05) is 36.8 Å². The van der Waals surface area contributed by atoms with Crippen molar-refractivity contribution in [2.24, 2.45) is 0 Å². The van der Waals surface area contributed by atoms with Crippen LogP contribution in [0.3, 0.4) is 0 Å². The van der Waals surface area contributed by atoms with E-state index in [4.69, 9.17) is 13.7 Å². The van der Waals surface area contributed by atoms with Crippen molar-refractivity contribution in [3.05, 3.63) is 46.2 Å². The van der Waals surface area contributed by atoms with Gasteiger partial charge in [-0.05, 0) is 19.1 Å². The highest BCUT2D eigenvalue weighted by Gasteiger charge is 2.25. The first kappa shape index (κ1) is 14.6. The lowest BCUT2D eigenvalue weighted by Crippen LogP contribution is -2.37. The van der Waals surface area contributed by atoms with Crippen LogP contribution in [0, 0.1) is 6.92 Å². The number of morpholine rings is 1. The SMILES string of the molecule is Cc1csc(C2CN(Cc3cc(-c4ccco4)on3)CCO2)n1. The second kappa shape index (κ2) is 6.27. The van der Waals surface area contributed by atoms with Crippen LogP contribution in [0.15, 0.2) is 38.8 Å². The monoisotopic (exact) mass is 331 g/mol. The summed E-state index contributed by atoms with van der Waals surface area (Å²) in [5.41, 5.74) is 1.94. The van der Waals surface area contributed by atoms with E-state index in [0.29, 0.717) is 18.1 Å². The first-order valence-corrected chi connectivity index (χ1v) is 8.41. The number of aryl methyl sites for hydroxylation is 1. The summed E-state index contributed by atoms with van der Waals surface area (Å²) in [7, 11) is 0. The molecule has 0 spiro atoms. The van der Waals surface area contributed by atoms with Gasteiger partial charge in [-0.15, -0.1) is 11.3 Å². The van der Waals surface area contributed by atoms with Crippen LogP contribution in [0.1, 0.15) is 22.5 Å². The maximum Gasteiger partial charge on any atom is 0.202 e. The summed E-state index contributed by atoms with van der Waals surface area (Å²) >= 11 is 1.66. The molecule has 0 aromatic carbocycles. The molecule has 1 unspecified atom stereocenters. The van der Waals surface area contributed by atoms with Gasteiger partial charge in [0.1, 0.15) is 11.1 Å². The van der Waals surface area contributed by atoms with E-state index < -0.39 is 0 Å². The average molecular weight is 331 g/mol. The number of nitrogens with zero attached hydrogens (tertiary/aromatic N) is 3. The largest absolute Gasteiger partial charge is 0.461 e. The van der Waals surface area contributed by atoms with Crippen molar-refractivity contribution in [1.29, 1.82) is 0 Å². The lowest BCUT2D eigenvalue weighted by atomic mass is 10.2. The maximum absolute atomic E-state index is 5.86. The van der Waals surface area contributed by atoms with E-state index in [1.165, 1.54) is 0 Å². The molecule has 0 saturated carbocycles. The highest BCUT2D eigenvalue weighted by atomic mass is 32.1. The molecule has 1 saturated heterocycles. The van der Waals surface area contributed by atoms with Gasteiger partial charge >= 0.3 is 0 Å². The number of hydrogen-bond acceptors (Lipinski definition) is 7. The molecule has 4 heterocycles. The van der Waals surface area contributed by atoms with E-state index in [0.717, 1.165) is 36.0 Å². The Bertz CT molecular complexity index is 765. The zero-order valence-electron chi connectivity index (χ0n) is 12.8. The van der Waals surface area contributed by atoms with Crippen LogP contribution < -0.4 is 0 Å². The average Bonchev–Trinajstić information content (AvgIpc) is 3.28. The third-order valence-electron chi connectivity index (χ3n) is 3.77. The van der Waals surface area contributed by atoms with Gasteiger partial charge in [-0.1, -0.05) is 5.16 Å². The number of furan rings is 1. The maximum atomic E-state index is 5.86. The molecule has 3 aromatic rings. The van der Waals surface area contributed by atoms with Gasteiger partial charge < -0.3 is 13.7 Å². The first-order chi connectivity index (χ1) is 11.3. The fourth-order valence-corrected chi connectivity index (χ4v) is 3.50. The Morgan fingerprint density at radius 1 is 1.39 bits per heavy atom. The lowest BCUT2D eigenvalue weighted by molar-refractivity contribution is -0.0336. The summed E-state index contributed by atoms with van der Waals surface area (Å²) < 4.78 is 16.5. The highest BCUT2D eigenvalue weighted by Crippen LogP contribution is 2.27. The fraction of sp³-hybridized carbons (Fsp3) is 0.375. The molecule has 6 nitrogen and oxygen atoms in total. The molecule has 3 aromatic heterocycles. The number of ether oxygens (including phenoxy) is 1. The minimum absolute atomic E-state index is 0.0406. The Balaban J connectivity index is 1.42. The van der Waals surface area contributed by atoms with E-state index in [1.54, 1.807) is 17.6 Å². The Morgan fingerprint density at radius 2 is 2.35 bits per heavy atom. The second-order valence-corrected chi connectivity index (χ2v) is 6.47. The van der Waals surface area contributed by atoms with Crippen LogP contribution in [-0.4, -0.2) is 34.7 Å². The molecule has 120 valence electrons. The minimum Gasteiger partial charge on any atom is -0.461 e. The van der Waals surface area contributed by atoms with E-state index in [-0.39, 0.29) is 6.10 Å². The molecule has 23 heavy (non-hydrogen) atoms. The zero-order chi connectivity index (χ0) is 15.6. The standard InChI is InChI=1S/C16H17N3O3S/c1-11-10-23-16(17-11)15-9-19(4-6-21-15)8-12-7-14(22-18-12)13-3-2-5-20-13/h2-3,5,7,10,15H,4,6,8-9H2,1H3. The smallest absolute Gasteiger partial charge is 0.202 e. The molecule has 0 aliphatic carbocycles. The summed E-state index contributed by atoms with van der Waals surface area (Å²) in [6.45, 7) is 5.13. The lowest BCUT2D eigenvalue weighted by Gasteiger charge is -2.31. The van der Waals surface area contributed by atoms with Crippen LogP contribution in [0.4, 0.5) is 0 Å². The fourth-order valence-electron chi connectivity index (χ4n) is 2.67. The third-order valence-corrected chi connectivity index (χ3v) is 4.83.